The van der Waals surface area contributed by atoms with E-state index in [0.717, 1.165) is 11.3 Å². The summed E-state index contributed by atoms with van der Waals surface area (Å²) in [6.07, 6.45) is 0. The molecule has 108 valence electrons. The SMILES string of the molecule is CC(C)COCCNC(=O)c1csc(S(N)(=O)=O)c1. The maximum atomic E-state index is 11.7. The highest BCUT2D eigenvalue weighted by molar-refractivity contribution is 7.91. The third-order valence-electron chi connectivity index (χ3n) is 2.10. The van der Waals surface area contributed by atoms with Gasteiger partial charge in [0.1, 0.15) is 4.21 Å². The lowest BCUT2D eigenvalue weighted by Gasteiger charge is -2.07. The lowest BCUT2D eigenvalue weighted by atomic mass is 10.2. The van der Waals surface area contributed by atoms with Gasteiger partial charge in [-0.1, -0.05) is 13.8 Å². The molecular formula is C11H18N2O4S2. The third kappa shape index (κ3) is 5.68. The molecule has 0 radical (unpaired) electrons. The van der Waals surface area contributed by atoms with E-state index >= 15 is 0 Å². The van der Waals surface area contributed by atoms with Gasteiger partial charge in [0.25, 0.3) is 5.91 Å². The minimum atomic E-state index is -3.74. The lowest BCUT2D eigenvalue weighted by molar-refractivity contribution is 0.0886. The van der Waals surface area contributed by atoms with Crippen LogP contribution in [0.3, 0.4) is 0 Å². The number of thiophene rings is 1. The van der Waals surface area contributed by atoms with Crippen LogP contribution < -0.4 is 10.5 Å². The van der Waals surface area contributed by atoms with E-state index in [4.69, 9.17) is 9.88 Å². The summed E-state index contributed by atoms with van der Waals surface area (Å²) in [5, 5.41) is 9.08. The molecule has 0 atom stereocenters. The Kier molecular flexibility index (Phi) is 5.92. The van der Waals surface area contributed by atoms with Crippen LogP contribution in [0.1, 0.15) is 24.2 Å². The molecule has 3 N–H and O–H groups in total. The number of amides is 1. The highest BCUT2D eigenvalue weighted by Gasteiger charge is 2.14. The number of sulfonamides is 1. The number of hydrogen-bond acceptors (Lipinski definition) is 5. The summed E-state index contributed by atoms with van der Waals surface area (Å²) in [7, 11) is -3.74. The molecule has 0 aliphatic rings. The predicted molar refractivity (Wildman–Crippen MR) is 73.7 cm³/mol. The number of ether oxygens (including phenoxy) is 1. The monoisotopic (exact) mass is 306 g/mol. The Balaban J connectivity index is 2.40. The van der Waals surface area contributed by atoms with Gasteiger partial charge in [-0.25, -0.2) is 13.6 Å². The zero-order valence-corrected chi connectivity index (χ0v) is 12.5. The van der Waals surface area contributed by atoms with Gasteiger partial charge in [-0.3, -0.25) is 4.79 Å². The fourth-order valence-corrected chi connectivity index (χ4v) is 2.83. The van der Waals surface area contributed by atoms with Crippen molar-refractivity contribution in [1.29, 1.82) is 0 Å². The molecule has 1 rings (SSSR count). The van der Waals surface area contributed by atoms with Gasteiger partial charge in [-0.2, -0.15) is 0 Å². The average Bonchev–Trinajstić information content (AvgIpc) is 2.76. The van der Waals surface area contributed by atoms with Crippen molar-refractivity contribution in [3.8, 4) is 0 Å². The van der Waals surface area contributed by atoms with Crippen molar-refractivity contribution in [1.82, 2.24) is 5.32 Å². The molecular weight excluding hydrogens is 288 g/mol. The smallest absolute Gasteiger partial charge is 0.252 e. The van der Waals surface area contributed by atoms with Gasteiger partial charge in [0, 0.05) is 18.5 Å². The standard InChI is InChI=1S/C11H18N2O4S2/c1-8(2)6-17-4-3-13-11(14)9-5-10(18-7-9)19(12,15)16/h5,7-8H,3-4,6H2,1-2H3,(H,13,14)(H2,12,15,16). The molecule has 1 amide bonds. The number of rotatable bonds is 7. The number of carbonyl (C=O) groups is 1. The summed E-state index contributed by atoms with van der Waals surface area (Å²) in [4.78, 5) is 11.7. The van der Waals surface area contributed by atoms with E-state index in [-0.39, 0.29) is 15.7 Å². The summed E-state index contributed by atoms with van der Waals surface area (Å²) < 4.78 is 27.4. The molecule has 0 saturated heterocycles. The van der Waals surface area contributed by atoms with Crippen LogP contribution in [0.25, 0.3) is 0 Å². The molecule has 6 nitrogen and oxygen atoms in total. The van der Waals surface area contributed by atoms with Crippen LogP contribution in [-0.2, 0) is 14.8 Å². The quantitative estimate of drug-likeness (QED) is 0.728. The molecule has 0 aliphatic carbocycles. The maximum Gasteiger partial charge on any atom is 0.252 e. The van der Waals surface area contributed by atoms with Crippen LogP contribution in [0, 0.1) is 5.92 Å². The lowest BCUT2D eigenvalue weighted by Crippen LogP contribution is -2.27. The van der Waals surface area contributed by atoms with Gasteiger partial charge >= 0.3 is 0 Å². The number of hydrogen-bond donors (Lipinski definition) is 2. The second kappa shape index (κ2) is 6.99. The molecule has 0 fully saturated rings. The normalized spacial score (nSPS) is 11.8. The Morgan fingerprint density at radius 2 is 2.21 bits per heavy atom. The molecule has 0 spiro atoms. The summed E-state index contributed by atoms with van der Waals surface area (Å²) >= 11 is 0.927. The fourth-order valence-electron chi connectivity index (χ4n) is 1.24. The molecule has 19 heavy (non-hydrogen) atoms. The Bertz CT molecular complexity index is 523. The van der Waals surface area contributed by atoms with Crippen LogP contribution in [0.5, 0.6) is 0 Å². The van der Waals surface area contributed by atoms with Gasteiger partial charge in [0.2, 0.25) is 10.0 Å². The summed E-state index contributed by atoms with van der Waals surface area (Å²) in [6, 6.07) is 1.27. The van der Waals surface area contributed by atoms with Gasteiger partial charge in [0.15, 0.2) is 0 Å². The van der Waals surface area contributed by atoms with Crippen molar-refractivity contribution in [3.63, 3.8) is 0 Å². The van der Waals surface area contributed by atoms with Gasteiger partial charge in [-0.05, 0) is 12.0 Å². The second-order valence-electron chi connectivity index (χ2n) is 4.42. The van der Waals surface area contributed by atoms with Gasteiger partial charge in [0.05, 0.1) is 12.2 Å². The molecule has 0 unspecified atom stereocenters. The first-order valence-electron chi connectivity index (χ1n) is 5.78. The van der Waals surface area contributed by atoms with Crippen molar-refractivity contribution >= 4 is 27.3 Å². The van der Waals surface area contributed by atoms with E-state index in [1.807, 2.05) is 13.8 Å². The first-order valence-corrected chi connectivity index (χ1v) is 8.20. The van der Waals surface area contributed by atoms with Gasteiger partial charge < -0.3 is 10.1 Å². The Morgan fingerprint density at radius 3 is 2.74 bits per heavy atom. The first-order chi connectivity index (χ1) is 8.80. The van der Waals surface area contributed by atoms with Crippen LogP contribution in [0.15, 0.2) is 15.7 Å². The number of nitrogens with two attached hydrogens (primary N) is 1. The number of carbonyl (C=O) groups excluding carboxylic acids is 1. The minimum absolute atomic E-state index is 0.0197. The topological polar surface area (TPSA) is 98.5 Å². The molecule has 0 bridgehead atoms. The number of primary sulfonamides is 1. The zero-order valence-electron chi connectivity index (χ0n) is 10.9. The van der Waals surface area contributed by atoms with Crippen LogP contribution in [0.2, 0.25) is 0 Å². The summed E-state index contributed by atoms with van der Waals surface area (Å²) in [5.74, 6) is 0.115. The third-order valence-corrected chi connectivity index (χ3v) is 4.49. The molecule has 1 aromatic rings. The molecule has 0 saturated carbocycles. The largest absolute Gasteiger partial charge is 0.379 e. The van der Waals surface area contributed by atoms with Crippen molar-refractivity contribution in [2.24, 2.45) is 11.1 Å². The van der Waals surface area contributed by atoms with Crippen LogP contribution in [-0.4, -0.2) is 34.1 Å². The Morgan fingerprint density at radius 1 is 1.53 bits per heavy atom. The van der Waals surface area contributed by atoms with E-state index in [0.29, 0.717) is 25.7 Å². The molecule has 0 aromatic carbocycles. The van der Waals surface area contributed by atoms with Crippen LogP contribution >= 0.6 is 11.3 Å². The number of nitrogens with one attached hydrogen (secondary N) is 1. The Hall–Kier alpha value is -0.960. The molecule has 1 heterocycles. The average molecular weight is 306 g/mol. The fraction of sp³-hybridized carbons (Fsp3) is 0.545. The van der Waals surface area contributed by atoms with E-state index in [1.165, 1.54) is 11.4 Å². The van der Waals surface area contributed by atoms with Crippen LogP contribution in [0.4, 0.5) is 0 Å². The highest BCUT2D eigenvalue weighted by atomic mass is 32.2. The van der Waals surface area contributed by atoms with Crippen molar-refractivity contribution in [3.05, 3.63) is 17.0 Å². The minimum Gasteiger partial charge on any atom is -0.379 e. The first kappa shape index (κ1) is 16.1. The van der Waals surface area contributed by atoms with Crippen molar-refractivity contribution < 1.29 is 17.9 Å². The maximum absolute atomic E-state index is 11.7. The van der Waals surface area contributed by atoms with E-state index < -0.39 is 10.0 Å². The van der Waals surface area contributed by atoms with E-state index in [2.05, 4.69) is 5.32 Å². The Labute approximate surface area is 117 Å². The van der Waals surface area contributed by atoms with Crippen molar-refractivity contribution in [2.75, 3.05) is 19.8 Å². The summed E-state index contributed by atoms with van der Waals surface area (Å²) in [6.45, 7) is 5.53. The highest BCUT2D eigenvalue weighted by Crippen LogP contribution is 2.18. The van der Waals surface area contributed by atoms with E-state index in [1.54, 1.807) is 0 Å². The van der Waals surface area contributed by atoms with Crippen molar-refractivity contribution in [2.45, 2.75) is 18.1 Å². The predicted octanol–water partition coefficient (Wildman–Crippen LogP) is 0.798. The zero-order chi connectivity index (χ0) is 14.5. The molecule has 8 heteroatoms. The molecule has 1 aromatic heterocycles. The summed E-state index contributed by atoms with van der Waals surface area (Å²) in [5.41, 5.74) is 0.290. The second-order valence-corrected chi connectivity index (χ2v) is 7.12. The van der Waals surface area contributed by atoms with E-state index in [9.17, 15) is 13.2 Å². The molecule has 0 aliphatic heterocycles. The van der Waals surface area contributed by atoms with Gasteiger partial charge in [-0.15, -0.1) is 11.3 Å².